The predicted octanol–water partition coefficient (Wildman–Crippen LogP) is -0.681. The molecule has 0 aromatic carbocycles. The number of ether oxygens (including phenoxy) is 1. The van der Waals surface area contributed by atoms with Crippen molar-refractivity contribution in [2.75, 3.05) is 13.7 Å². The van der Waals surface area contributed by atoms with Crippen molar-refractivity contribution in [3.8, 4) is 0 Å². The summed E-state index contributed by atoms with van der Waals surface area (Å²) in [6.45, 7) is 0.177. The van der Waals surface area contributed by atoms with Crippen molar-refractivity contribution in [3.05, 3.63) is 18.0 Å². The van der Waals surface area contributed by atoms with E-state index in [9.17, 15) is 9.59 Å². The Hall–Kier alpha value is -2.09. The number of nitrogens with zero attached hydrogens (tertiary/aromatic N) is 2. The van der Waals surface area contributed by atoms with Crippen LogP contribution < -0.4 is 10.6 Å². The molecule has 3 N–H and O–H groups in total. The van der Waals surface area contributed by atoms with Gasteiger partial charge in [-0.25, -0.2) is 9.59 Å². The number of carbonyl (C=O) groups excluding carboxylic acids is 1. The second-order valence-electron chi connectivity index (χ2n) is 3.62. The molecule has 1 atom stereocenters. The van der Waals surface area contributed by atoms with Gasteiger partial charge in [-0.15, -0.1) is 0 Å². The summed E-state index contributed by atoms with van der Waals surface area (Å²) in [6, 6.07) is 0.117. The molecular weight excluding hydrogens is 240 g/mol. The minimum absolute atomic E-state index is 0.0888. The van der Waals surface area contributed by atoms with E-state index in [1.165, 1.54) is 7.11 Å². The Morgan fingerprint density at radius 2 is 2.33 bits per heavy atom. The summed E-state index contributed by atoms with van der Waals surface area (Å²) in [6.07, 6.45) is 1.61. The Bertz CT molecular complexity index is 418. The molecule has 0 saturated heterocycles. The minimum Gasteiger partial charge on any atom is -0.480 e. The molecule has 0 bridgehead atoms. The van der Waals surface area contributed by atoms with E-state index in [1.54, 1.807) is 24.0 Å². The Balaban J connectivity index is 2.41. The zero-order valence-corrected chi connectivity index (χ0v) is 10.2. The lowest BCUT2D eigenvalue weighted by molar-refractivity contribution is -0.140. The Morgan fingerprint density at radius 3 is 2.83 bits per heavy atom. The van der Waals surface area contributed by atoms with Crippen molar-refractivity contribution in [1.29, 1.82) is 0 Å². The molecule has 0 aliphatic heterocycles. The topological polar surface area (TPSA) is 105 Å². The molecule has 1 aromatic rings. The third kappa shape index (κ3) is 4.06. The molecule has 0 radical (unpaired) electrons. The van der Waals surface area contributed by atoms with Gasteiger partial charge < -0.3 is 20.5 Å². The van der Waals surface area contributed by atoms with E-state index in [1.807, 2.05) is 0 Å². The Morgan fingerprint density at radius 1 is 1.61 bits per heavy atom. The van der Waals surface area contributed by atoms with Crippen molar-refractivity contribution < 1.29 is 19.4 Å². The summed E-state index contributed by atoms with van der Waals surface area (Å²) in [5.74, 6) is -1.15. The molecule has 0 saturated carbocycles. The lowest BCUT2D eigenvalue weighted by Gasteiger charge is -2.14. The summed E-state index contributed by atoms with van der Waals surface area (Å²) in [4.78, 5) is 22.2. The van der Waals surface area contributed by atoms with E-state index in [0.717, 1.165) is 5.69 Å². The predicted molar refractivity (Wildman–Crippen MR) is 61.9 cm³/mol. The fourth-order valence-corrected chi connectivity index (χ4v) is 1.30. The number of carboxylic acid groups (broad SMARTS) is 1. The highest BCUT2D eigenvalue weighted by molar-refractivity contribution is 5.82. The summed E-state index contributed by atoms with van der Waals surface area (Å²) < 4.78 is 6.31. The maximum Gasteiger partial charge on any atom is 0.328 e. The Labute approximate surface area is 104 Å². The zero-order chi connectivity index (χ0) is 13.5. The maximum atomic E-state index is 11.5. The van der Waals surface area contributed by atoms with Crippen molar-refractivity contribution >= 4 is 12.0 Å². The number of methoxy groups -OCH3 is 1. The number of amides is 2. The minimum atomic E-state index is -1.15. The first-order chi connectivity index (χ1) is 8.54. The van der Waals surface area contributed by atoms with Crippen molar-refractivity contribution in [2.45, 2.75) is 12.6 Å². The van der Waals surface area contributed by atoms with Crippen LogP contribution in [0.1, 0.15) is 5.69 Å². The number of hydrogen-bond donors (Lipinski definition) is 3. The van der Waals surface area contributed by atoms with Gasteiger partial charge in [0.25, 0.3) is 0 Å². The number of aromatic nitrogens is 2. The number of aliphatic carboxylic acids is 1. The number of carboxylic acids is 1. The van der Waals surface area contributed by atoms with Crippen LogP contribution in [0.5, 0.6) is 0 Å². The molecule has 0 aliphatic carbocycles. The molecule has 0 fully saturated rings. The first-order valence-corrected chi connectivity index (χ1v) is 5.27. The molecule has 1 heterocycles. The number of aryl methyl sites for hydroxylation is 1. The van der Waals surface area contributed by atoms with Gasteiger partial charge in [0.1, 0.15) is 0 Å². The standard InChI is InChI=1S/C10H16N4O4/c1-14-7(3-4-12-14)5-11-10(17)13-8(6-18-2)9(15)16/h3-4,8H,5-6H2,1-2H3,(H,15,16)(H2,11,13,17). The molecule has 8 nitrogen and oxygen atoms in total. The molecule has 0 spiro atoms. The fourth-order valence-electron chi connectivity index (χ4n) is 1.30. The van der Waals surface area contributed by atoms with Crippen LogP contribution in [0.4, 0.5) is 4.79 Å². The highest BCUT2D eigenvalue weighted by Crippen LogP contribution is 1.94. The fraction of sp³-hybridized carbons (Fsp3) is 0.500. The van der Waals surface area contributed by atoms with Crippen molar-refractivity contribution in [3.63, 3.8) is 0 Å². The third-order valence-corrected chi connectivity index (χ3v) is 2.29. The normalized spacial score (nSPS) is 11.9. The summed E-state index contributed by atoms with van der Waals surface area (Å²) in [7, 11) is 3.12. The van der Waals surface area contributed by atoms with Gasteiger partial charge in [0.15, 0.2) is 6.04 Å². The zero-order valence-electron chi connectivity index (χ0n) is 10.2. The molecule has 1 rings (SSSR count). The monoisotopic (exact) mass is 256 g/mol. The third-order valence-electron chi connectivity index (χ3n) is 2.29. The average molecular weight is 256 g/mol. The summed E-state index contributed by atoms with van der Waals surface area (Å²) >= 11 is 0. The number of nitrogens with one attached hydrogen (secondary N) is 2. The van der Waals surface area contributed by atoms with Crippen LogP contribution >= 0.6 is 0 Å². The quantitative estimate of drug-likeness (QED) is 0.625. The van der Waals surface area contributed by atoms with E-state index in [-0.39, 0.29) is 13.2 Å². The van der Waals surface area contributed by atoms with Crippen LogP contribution in [0.15, 0.2) is 12.3 Å². The first-order valence-electron chi connectivity index (χ1n) is 5.27. The number of urea groups is 1. The van der Waals surface area contributed by atoms with Crippen molar-refractivity contribution in [2.24, 2.45) is 7.05 Å². The SMILES string of the molecule is COCC(NC(=O)NCc1ccnn1C)C(=O)O. The van der Waals surface area contributed by atoms with E-state index in [4.69, 9.17) is 9.84 Å². The van der Waals surface area contributed by atoms with E-state index < -0.39 is 18.0 Å². The van der Waals surface area contributed by atoms with Crippen LogP contribution in [0.3, 0.4) is 0 Å². The summed E-state index contributed by atoms with van der Waals surface area (Å²) in [5, 5.41) is 17.6. The van der Waals surface area contributed by atoms with E-state index in [0.29, 0.717) is 0 Å². The van der Waals surface area contributed by atoms with E-state index >= 15 is 0 Å². The molecule has 8 heteroatoms. The summed E-state index contributed by atoms with van der Waals surface area (Å²) in [5.41, 5.74) is 0.809. The highest BCUT2D eigenvalue weighted by atomic mass is 16.5. The molecule has 1 aromatic heterocycles. The van der Waals surface area contributed by atoms with Crippen LogP contribution in [0, 0.1) is 0 Å². The smallest absolute Gasteiger partial charge is 0.328 e. The number of hydrogen-bond acceptors (Lipinski definition) is 4. The molecule has 0 aliphatic rings. The van der Waals surface area contributed by atoms with Gasteiger partial charge in [-0.1, -0.05) is 0 Å². The average Bonchev–Trinajstić information content (AvgIpc) is 2.71. The van der Waals surface area contributed by atoms with E-state index in [2.05, 4.69) is 15.7 Å². The van der Waals surface area contributed by atoms with Gasteiger partial charge in [0.2, 0.25) is 0 Å². The number of carbonyl (C=O) groups is 2. The maximum absolute atomic E-state index is 11.5. The molecular formula is C10H16N4O4. The van der Waals surface area contributed by atoms with Gasteiger partial charge in [-0.05, 0) is 6.07 Å². The first kappa shape index (κ1) is 14.0. The van der Waals surface area contributed by atoms with Gasteiger partial charge in [-0.2, -0.15) is 5.10 Å². The van der Waals surface area contributed by atoms with Gasteiger partial charge in [0.05, 0.1) is 18.8 Å². The van der Waals surface area contributed by atoms with Crippen LogP contribution in [-0.4, -0.2) is 46.6 Å². The van der Waals surface area contributed by atoms with Gasteiger partial charge in [-0.3, -0.25) is 4.68 Å². The second kappa shape index (κ2) is 6.60. The van der Waals surface area contributed by atoms with Gasteiger partial charge in [0, 0.05) is 20.4 Å². The second-order valence-corrected chi connectivity index (χ2v) is 3.62. The highest BCUT2D eigenvalue weighted by Gasteiger charge is 2.19. The molecule has 2 amide bonds. The largest absolute Gasteiger partial charge is 0.480 e. The molecule has 18 heavy (non-hydrogen) atoms. The van der Waals surface area contributed by atoms with Crippen LogP contribution in [0.2, 0.25) is 0 Å². The van der Waals surface area contributed by atoms with Gasteiger partial charge >= 0.3 is 12.0 Å². The van der Waals surface area contributed by atoms with Crippen LogP contribution in [-0.2, 0) is 23.1 Å². The number of rotatable bonds is 6. The van der Waals surface area contributed by atoms with Crippen molar-refractivity contribution in [1.82, 2.24) is 20.4 Å². The lowest BCUT2D eigenvalue weighted by Crippen LogP contribution is -2.48. The van der Waals surface area contributed by atoms with Crippen LogP contribution in [0.25, 0.3) is 0 Å². The lowest BCUT2D eigenvalue weighted by atomic mass is 10.3. The molecule has 1 unspecified atom stereocenters. The molecule has 100 valence electrons. The Kier molecular flexibility index (Phi) is 5.12.